The van der Waals surface area contributed by atoms with Crippen molar-refractivity contribution in [1.82, 2.24) is 14.8 Å². The summed E-state index contributed by atoms with van der Waals surface area (Å²) < 4.78 is 2.30. The second-order valence-corrected chi connectivity index (χ2v) is 3.30. The van der Waals surface area contributed by atoms with Gasteiger partial charge in [-0.05, 0) is 19.3 Å². The molecule has 2 aliphatic rings. The summed E-state index contributed by atoms with van der Waals surface area (Å²) in [6.07, 6.45) is 2.54. The number of aryl methyl sites for hydroxylation is 1. The van der Waals surface area contributed by atoms with Gasteiger partial charge in [0, 0.05) is 12.5 Å². The maximum atomic E-state index is 4.09. The van der Waals surface area contributed by atoms with Crippen LogP contribution in [0.15, 0.2) is 0 Å². The number of rotatable bonds is 0. The Morgan fingerprint density at radius 2 is 2.40 bits per heavy atom. The fraction of sp³-hybridized carbons (Fsp3) is 0.714. The van der Waals surface area contributed by atoms with E-state index in [1.54, 1.807) is 0 Å². The van der Waals surface area contributed by atoms with Crippen molar-refractivity contribution >= 4 is 0 Å². The predicted molar refractivity (Wildman–Crippen MR) is 35.6 cm³/mol. The molecule has 1 saturated carbocycles. The van der Waals surface area contributed by atoms with Crippen LogP contribution in [-0.2, 0) is 6.42 Å². The molecule has 0 bridgehead atoms. The molecule has 3 nitrogen and oxygen atoms in total. The van der Waals surface area contributed by atoms with Gasteiger partial charge in [0.2, 0.25) is 0 Å². The Labute approximate surface area is 59.1 Å². The van der Waals surface area contributed by atoms with Gasteiger partial charge >= 0.3 is 0 Å². The summed E-state index contributed by atoms with van der Waals surface area (Å²) in [6, 6.07) is 0.782. The van der Waals surface area contributed by atoms with E-state index in [1.165, 1.54) is 18.7 Å². The Hall–Kier alpha value is -0.860. The first-order valence-corrected chi connectivity index (χ1v) is 3.76. The summed E-state index contributed by atoms with van der Waals surface area (Å²) in [5.74, 6) is 3.22. The highest BCUT2D eigenvalue weighted by Gasteiger charge is 2.47. The van der Waals surface area contributed by atoms with E-state index in [-0.39, 0.29) is 0 Å². The van der Waals surface area contributed by atoms with Crippen LogP contribution in [0.4, 0.5) is 0 Å². The fourth-order valence-corrected chi connectivity index (χ4v) is 1.99. The molecule has 1 aromatic rings. The molecule has 1 aliphatic heterocycles. The zero-order valence-electron chi connectivity index (χ0n) is 5.91. The van der Waals surface area contributed by atoms with Crippen LogP contribution in [0.1, 0.15) is 24.1 Å². The lowest BCUT2D eigenvalue weighted by Crippen LogP contribution is -1.96. The summed E-state index contributed by atoms with van der Waals surface area (Å²) in [7, 11) is 0. The summed E-state index contributed by atoms with van der Waals surface area (Å²) in [6.45, 7) is 2.04. The number of aromatic nitrogens is 3. The largest absolute Gasteiger partial charge is 0.312 e. The molecule has 1 aliphatic carbocycles. The SMILES string of the molecule is Cc1nnc2n1C1CC1C2. The van der Waals surface area contributed by atoms with Gasteiger partial charge in [0.25, 0.3) is 0 Å². The van der Waals surface area contributed by atoms with Crippen LogP contribution < -0.4 is 0 Å². The van der Waals surface area contributed by atoms with Crippen LogP contribution in [0.25, 0.3) is 0 Å². The molecule has 2 unspecified atom stereocenters. The average Bonchev–Trinajstić information content (AvgIpc) is 2.40. The van der Waals surface area contributed by atoms with Crippen molar-refractivity contribution in [3.8, 4) is 0 Å². The third kappa shape index (κ3) is 0.394. The van der Waals surface area contributed by atoms with Gasteiger partial charge in [-0.3, -0.25) is 0 Å². The highest BCUT2D eigenvalue weighted by molar-refractivity contribution is 5.14. The van der Waals surface area contributed by atoms with Crippen molar-refractivity contribution in [3.05, 3.63) is 11.6 Å². The van der Waals surface area contributed by atoms with Gasteiger partial charge in [0.1, 0.15) is 11.6 Å². The fourth-order valence-electron chi connectivity index (χ4n) is 1.99. The minimum Gasteiger partial charge on any atom is -0.312 e. The van der Waals surface area contributed by atoms with Crippen LogP contribution in [-0.4, -0.2) is 14.8 Å². The normalized spacial score (nSPS) is 33.7. The van der Waals surface area contributed by atoms with Gasteiger partial charge < -0.3 is 4.57 Å². The highest BCUT2D eigenvalue weighted by Crippen LogP contribution is 2.51. The molecule has 0 spiro atoms. The standard InChI is InChI=1S/C7H9N3/c1-4-8-9-7-3-5-2-6(5)10(4)7/h5-6H,2-3H2,1H3. The highest BCUT2D eigenvalue weighted by atomic mass is 15.3. The average molecular weight is 135 g/mol. The number of hydrogen-bond donors (Lipinski definition) is 0. The predicted octanol–water partition coefficient (Wildman–Crippen LogP) is 0.704. The van der Waals surface area contributed by atoms with Crippen molar-refractivity contribution in [2.24, 2.45) is 5.92 Å². The van der Waals surface area contributed by atoms with Crippen LogP contribution >= 0.6 is 0 Å². The third-order valence-corrected chi connectivity index (χ3v) is 2.60. The van der Waals surface area contributed by atoms with E-state index in [4.69, 9.17) is 0 Å². The van der Waals surface area contributed by atoms with Crippen LogP contribution in [0.2, 0.25) is 0 Å². The van der Waals surface area contributed by atoms with E-state index >= 15 is 0 Å². The number of fused-ring (bicyclic) bond motifs is 3. The summed E-state index contributed by atoms with van der Waals surface area (Å²) >= 11 is 0. The lowest BCUT2D eigenvalue weighted by molar-refractivity contribution is 0.713. The molecule has 52 valence electrons. The van der Waals surface area contributed by atoms with Crippen LogP contribution in [0.3, 0.4) is 0 Å². The molecule has 0 saturated heterocycles. The number of nitrogens with zero attached hydrogens (tertiary/aromatic N) is 3. The molecule has 0 radical (unpaired) electrons. The van der Waals surface area contributed by atoms with Gasteiger partial charge in [0.15, 0.2) is 0 Å². The first-order chi connectivity index (χ1) is 4.86. The molecular weight excluding hydrogens is 126 g/mol. The van der Waals surface area contributed by atoms with E-state index in [9.17, 15) is 0 Å². The molecule has 0 amide bonds. The van der Waals surface area contributed by atoms with E-state index in [0.717, 1.165) is 17.8 Å². The zero-order chi connectivity index (χ0) is 6.72. The van der Waals surface area contributed by atoms with Gasteiger partial charge in [-0.25, -0.2) is 0 Å². The monoisotopic (exact) mass is 135 g/mol. The van der Waals surface area contributed by atoms with E-state index in [1.807, 2.05) is 6.92 Å². The second-order valence-electron chi connectivity index (χ2n) is 3.30. The van der Waals surface area contributed by atoms with Gasteiger partial charge in [-0.15, -0.1) is 10.2 Å². The molecule has 2 heterocycles. The van der Waals surface area contributed by atoms with Gasteiger partial charge in [-0.1, -0.05) is 0 Å². The minimum absolute atomic E-state index is 0.782. The zero-order valence-corrected chi connectivity index (χ0v) is 5.91. The van der Waals surface area contributed by atoms with Gasteiger partial charge in [-0.2, -0.15) is 0 Å². The Bertz CT molecular complexity index is 289. The smallest absolute Gasteiger partial charge is 0.133 e. The topological polar surface area (TPSA) is 30.7 Å². The molecule has 2 atom stereocenters. The Balaban J connectivity index is 2.25. The minimum atomic E-state index is 0.782. The van der Waals surface area contributed by atoms with E-state index in [2.05, 4.69) is 14.8 Å². The van der Waals surface area contributed by atoms with Crippen LogP contribution in [0.5, 0.6) is 0 Å². The molecule has 3 heteroatoms. The van der Waals surface area contributed by atoms with Crippen molar-refractivity contribution in [2.45, 2.75) is 25.8 Å². The van der Waals surface area contributed by atoms with Crippen molar-refractivity contribution < 1.29 is 0 Å². The van der Waals surface area contributed by atoms with Crippen LogP contribution in [0, 0.1) is 12.8 Å². The molecule has 3 rings (SSSR count). The Morgan fingerprint density at radius 1 is 1.50 bits per heavy atom. The second kappa shape index (κ2) is 1.26. The summed E-state index contributed by atoms with van der Waals surface area (Å²) in [5, 5.41) is 8.12. The molecule has 1 fully saturated rings. The quantitative estimate of drug-likeness (QED) is 0.524. The van der Waals surface area contributed by atoms with Crippen molar-refractivity contribution in [3.63, 3.8) is 0 Å². The lowest BCUT2D eigenvalue weighted by Gasteiger charge is -1.97. The molecule has 1 aromatic heterocycles. The maximum Gasteiger partial charge on any atom is 0.133 e. The molecule has 10 heavy (non-hydrogen) atoms. The van der Waals surface area contributed by atoms with Crippen molar-refractivity contribution in [2.75, 3.05) is 0 Å². The van der Waals surface area contributed by atoms with Gasteiger partial charge in [0.05, 0.1) is 0 Å². The molecule has 0 N–H and O–H groups in total. The lowest BCUT2D eigenvalue weighted by atomic mass is 10.3. The Morgan fingerprint density at radius 3 is 3.20 bits per heavy atom. The summed E-state index contributed by atoms with van der Waals surface area (Å²) in [5.41, 5.74) is 0. The molecule has 0 aromatic carbocycles. The first-order valence-electron chi connectivity index (χ1n) is 3.76. The van der Waals surface area contributed by atoms with E-state index in [0.29, 0.717) is 0 Å². The number of hydrogen-bond acceptors (Lipinski definition) is 2. The summed E-state index contributed by atoms with van der Waals surface area (Å²) in [4.78, 5) is 0. The molecular formula is C7H9N3. The van der Waals surface area contributed by atoms with E-state index < -0.39 is 0 Å². The van der Waals surface area contributed by atoms with Crippen molar-refractivity contribution in [1.29, 1.82) is 0 Å². The maximum absolute atomic E-state index is 4.09. The Kier molecular flexibility index (Phi) is 0.615. The first kappa shape index (κ1) is 4.88. The third-order valence-electron chi connectivity index (χ3n) is 2.60.